The second kappa shape index (κ2) is 6.66. The minimum absolute atomic E-state index is 0.588. The van der Waals surface area contributed by atoms with E-state index in [0.29, 0.717) is 6.04 Å². The summed E-state index contributed by atoms with van der Waals surface area (Å²) in [5.74, 6) is 2.70. The molecule has 0 amide bonds. The van der Waals surface area contributed by atoms with Gasteiger partial charge in [0.25, 0.3) is 0 Å². The first-order valence-corrected chi connectivity index (χ1v) is 6.32. The second-order valence-electron chi connectivity index (χ2n) is 3.95. The highest BCUT2D eigenvalue weighted by Gasteiger charge is 2.09. The molecular formula is C13H19NS. The Bertz CT molecular complexity index is 295. The maximum atomic E-state index is 5.26. The van der Waals surface area contributed by atoms with E-state index in [1.54, 1.807) is 0 Å². The Hall–Kier alpha value is -0.780. The van der Waals surface area contributed by atoms with Crippen molar-refractivity contribution in [3.63, 3.8) is 0 Å². The van der Waals surface area contributed by atoms with Crippen molar-refractivity contribution >= 4 is 11.3 Å². The third kappa shape index (κ3) is 4.51. The quantitative estimate of drug-likeness (QED) is 0.526. The van der Waals surface area contributed by atoms with Crippen molar-refractivity contribution < 1.29 is 0 Å². The highest BCUT2D eigenvalue weighted by molar-refractivity contribution is 7.09. The lowest BCUT2D eigenvalue weighted by molar-refractivity contribution is 0.213. The van der Waals surface area contributed by atoms with Gasteiger partial charge < -0.3 is 0 Å². The summed E-state index contributed by atoms with van der Waals surface area (Å²) >= 11 is 1.83. The molecule has 0 aromatic carbocycles. The van der Waals surface area contributed by atoms with Crippen LogP contribution in [0.3, 0.4) is 0 Å². The molecule has 2 heteroatoms. The minimum Gasteiger partial charge on any atom is -0.296 e. The predicted octanol–water partition coefficient (Wildman–Crippen LogP) is 3.37. The molecule has 0 radical (unpaired) electrons. The fraction of sp³-hybridized carbons (Fsp3) is 0.538. The van der Waals surface area contributed by atoms with Crippen molar-refractivity contribution in [3.8, 4) is 12.3 Å². The van der Waals surface area contributed by atoms with Crippen LogP contribution in [0.15, 0.2) is 17.5 Å². The van der Waals surface area contributed by atoms with Crippen molar-refractivity contribution in [3.05, 3.63) is 22.4 Å². The summed E-state index contributed by atoms with van der Waals surface area (Å²) in [5.41, 5.74) is 0. The SMILES string of the molecule is C#CCCCN(Cc1cccs1)C(C)C. The molecule has 15 heavy (non-hydrogen) atoms. The molecule has 0 aliphatic rings. The molecule has 82 valence electrons. The molecule has 1 heterocycles. The number of terminal acetylenes is 1. The first-order chi connectivity index (χ1) is 7.24. The van der Waals surface area contributed by atoms with E-state index in [4.69, 9.17) is 6.42 Å². The zero-order valence-electron chi connectivity index (χ0n) is 9.57. The molecule has 0 saturated carbocycles. The van der Waals surface area contributed by atoms with Crippen molar-refractivity contribution in [1.82, 2.24) is 4.90 Å². The van der Waals surface area contributed by atoms with Crippen molar-refractivity contribution in [2.75, 3.05) is 6.54 Å². The molecule has 1 aromatic rings. The van der Waals surface area contributed by atoms with Crippen LogP contribution in [0.1, 0.15) is 31.6 Å². The largest absolute Gasteiger partial charge is 0.296 e. The highest BCUT2D eigenvalue weighted by Crippen LogP contribution is 2.14. The van der Waals surface area contributed by atoms with E-state index in [1.807, 2.05) is 11.3 Å². The van der Waals surface area contributed by atoms with Crippen LogP contribution in [0.4, 0.5) is 0 Å². The van der Waals surface area contributed by atoms with Crippen LogP contribution >= 0.6 is 11.3 Å². The van der Waals surface area contributed by atoms with Crippen molar-refractivity contribution in [1.29, 1.82) is 0 Å². The molecular weight excluding hydrogens is 202 g/mol. The van der Waals surface area contributed by atoms with Crippen molar-refractivity contribution in [2.24, 2.45) is 0 Å². The van der Waals surface area contributed by atoms with Crippen LogP contribution in [-0.2, 0) is 6.54 Å². The van der Waals surface area contributed by atoms with Gasteiger partial charge in [0, 0.05) is 23.9 Å². The molecule has 0 unspecified atom stereocenters. The molecule has 0 saturated heterocycles. The van der Waals surface area contributed by atoms with Gasteiger partial charge in [0.1, 0.15) is 0 Å². The third-order valence-electron chi connectivity index (χ3n) is 2.44. The van der Waals surface area contributed by atoms with E-state index < -0.39 is 0 Å². The molecule has 0 aliphatic carbocycles. The van der Waals surface area contributed by atoms with E-state index >= 15 is 0 Å². The van der Waals surface area contributed by atoms with E-state index in [2.05, 4.69) is 42.2 Å². The lowest BCUT2D eigenvalue weighted by Gasteiger charge is -2.25. The van der Waals surface area contributed by atoms with Crippen LogP contribution in [0.5, 0.6) is 0 Å². The van der Waals surface area contributed by atoms with Crippen LogP contribution in [-0.4, -0.2) is 17.5 Å². The van der Waals surface area contributed by atoms with Gasteiger partial charge in [-0.15, -0.1) is 23.7 Å². The first kappa shape index (κ1) is 12.3. The standard InChI is InChI=1S/C13H19NS/c1-4-5-6-9-14(12(2)3)11-13-8-7-10-15-13/h1,7-8,10,12H,5-6,9,11H2,2-3H3. The maximum Gasteiger partial charge on any atom is 0.0330 e. The molecule has 0 fully saturated rings. The van der Waals surface area contributed by atoms with Gasteiger partial charge in [-0.05, 0) is 38.3 Å². The topological polar surface area (TPSA) is 3.24 Å². The van der Waals surface area contributed by atoms with Crippen LogP contribution in [0.2, 0.25) is 0 Å². The van der Waals surface area contributed by atoms with Crippen LogP contribution < -0.4 is 0 Å². The Balaban J connectivity index is 2.41. The molecule has 1 aromatic heterocycles. The van der Waals surface area contributed by atoms with Gasteiger partial charge in [-0.2, -0.15) is 0 Å². The number of unbranched alkanes of at least 4 members (excludes halogenated alkanes) is 1. The smallest absolute Gasteiger partial charge is 0.0330 e. The maximum absolute atomic E-state index is 5.26. The summed E-state index contributed by atoms with van der Waals surface area (Å²) in [6.45, 7) is 6.63. The molecule has 0 aliphatic heterocycles. The lowest BCUT2D eigenvalue weighted by atomic mass is 10.2. The Kier molecular flexibility index (Phi) is 5.45. The monoisotopic (exact) mass is 221 g/mol. The van der Waals surface area contributed by atoms with Gasteiger partial charge in [-0.25, -0.2) is 0 Å². The summed E-state index contributed by atoms with van der Waals surface area (Å²) in [7, 11) is 0. The fourth-order valence-corrected chi connectivity index (χ4v) is 2.24. The Morgan fingerprint density at radius 3 is 2.87 bits per heavy atom. The number of hydrogen-bond donors (Lipinski definition) is 0. The fourth-order valence-electron chi connectivity index (χ4n) is 1.51. The average Bonchev–Trinajstić information content (AvgIpc) is 2.69. The Morgan fingerprint density at radius 1 is 1.53 bits per heavy atom. The van der Waals surface area contributed by atoms with E-state index in [0.717, 1.165) is 25.9 Å². The first-order valence-electron chi connectivity index (χ1n) is 5.44. The highest BCUT2D eigenvalue weighted by atomic mass is 32.1. The molecule has 0 spiro atoms. The summed E-state index contributed by atoms with van der Waals surface area (Å²) in [6, 6.07) is 4.89. The second-order valence-corrected chi connectivity index (χ2v) is 4.98. The van der Waals surface area contributed by atoms with E-state index in [9.17, 15) is 0 Å². The lowest BCUT2D eigenvalue weighted by Crippen LogP contribution is -2.30. The third-order valence-corrected chi connectivity index (χ3v) is 3.30. The molecule has 0 bridgehead atoms. The number of nitrogens with zero attached hydrogens (tertiary/aromatic N) is 1. The van der Waals surface area contributed by atoms with Crippen LogP contribution in [0.25, 0.3) is 0 Å². The zero-order valence-corrected chi connectivity index (χ0v) is 10.4. The molecule has 0 atom stereocenters. The van der Waals surface area contributed by atoms with Gasteiger partial charge >= 0.3 is 0 Å². The van der Waals surface area contributed by atoms with Crippen molar-refractivity contribution in [2.45, 2.75) is 39.3 Å². The Morgan fingerprint density at radius 2 is 2.33 bits per heavy atom. The van der Waals surface area contributed by atoms with E-state index in [1.165, 1.54) is 4.88 Å². The van der Waals surface area contributed by atoms with Gasteiger partial charge in [0.15, 0.2) is 0 Å². The number of hydrogen-bond acceptors (Lipinski definition) is 2. The average molecular weight is 221 g/mol. The van der Waals surface area contributed by atoms with Crippen LogP contribution in [0, 0.1) is 12.3 Å². The number of rotatable bonds is 6. The summed E-state index contributed by atoms with van der Waals surface area (Å²) in [6.07, 6.45) is 7.24. The Labute approximate surface area is 97.1 Å². The summed E-state index contributed by atoms with van der Waals surface area (Å²) in [5, 5.41) is 2.13. The number of thiophene rings is 1. The normalized spacial score (nSPS) is 10.9. The van der Waals surface area contributed by atoms with Gasteiger partial charge in [-0.1, -0.05) is 6.07 Å². The molecule has 0 N–H and O–H groups in total. The predicted molar refractivity (Wildman–Crippen MR) is 67.9 cm³/mol. The van der Waals surface area contributed by atoms with Gasteiger partial charge in [-0.3, -0.25) is 4.90 Å². The molecule has 1 nitrogen and oxygen atoms in total. The summed E-state index contributed by atoms with van der Waals surface area (Å²) < 4.78 is 0. The summed E-state index contributed by atoms with van der Waals surface area (Å²) in [4.78, 5) is 3.91. The van der Waals surface area contributed by atoms with Gasteiger partial charge in [0.2, 0.25) is 0 Å². The minimum atomic E-state index is 0.588. The van der Waals surface area contributed by atoms with Gasteiger partial charge in [0.05, 0.1) is 0 Å². The molecule has 1 rings (SSSR count). The van der Waals surface area contributed by atoms with E-state index in [-0.39, 0.29) is 0 Å². The zero-order chi connectivity index (χ0) is 11.1.